The molecule has 37 heavy (non-hydrogen) atoms. The molecule has 0 amide bonds. The van der Waals surface area contributed by atoms with Gasteiger partial charge in [0.15, 0.2) is 17.3 Å². The number of rotatable bonds is 11. The molecule has 0 spiro atoms. The number of phenols is 1. The Labute approximate surface area is 216 Å². The number of aromatic hydroxyl groups is 1. The lowest BCUT2D eigenvalue weighted by atomic mass is 10.1. The first kappa shape index (κ1) is 25.4. The number of carbonyl (C=O) groups excluding carboxylic acids is 1. The minimum Gasteiger partial charge on any atom is -0.507 e. The van der Waals surface area contributed by atoms with Crippen LogP contribution in [0.2, 0.25) is 0 Å². The van der Waals surface area contributed by atoms with Crippen molar-refractivity contribution in [2.45, 2.75) is 13.2 Å². The van der Waals surface area contributed by atoms with E-state index in [1.165, 1.54) is 26.4 Å². The van der Waals surface area contributed by atoms with Crippen molar-refractivity contribution in [1.82, 2.24) is 0 Å². The second-order valence-corrected chi connectivity index (χ2v) is 8.14. The quantitative estimate of drug-likeness (QED) is 0.190. The van der Waals surface area contributed by atoms with Crippen LogP contribution in [0.5, 0.6) is 28.7 Å². The number of hydrogen-bond donors (Lipinski definition) is 1. The van der Waals surface area contributed by atoms with E-state index in [9.17, 15) is 9.90 Å². The highest BCUT2D eigenvalue weighted by atomic mass is 16.5. The molecule has 0 fully saturated rings. The van der Waals surface area contributed by atoms with E-state index in [0.29, 0.717) is 41.6 Å². The number of carbonyl (C=O) groups is 1. The summed E-state index contributed by atoms with van der Waals surface area (Å²) in [4.78, 5) is 13.0. The number of benzene rings is 4. The lowest BCUT2D eigenvalue weighted by Gasteiger charge is -2.16. The molecule has 0 bridgehead atoms. The van der Waals surface area contributed by atoms with Crippen LogP contribution in [0.15, 0.2) is 97.1 Å². The monoisotopic (exact) mass is 496 g/mol. The van der Waals surface area contributed by atoms with Gasteiger partial charge in [-0.05, 0) is 47.5 Å². The maximum atomic E-state index is 13.0. The summed E-state index contributed by atoms with van der Waals surface area (Å²) >= 11 is 0. The molecule has 0 aromatic heterocycles. The number of allylic oxidation sites excluding steroid dienone is 1. The Morgan fingerprint density at radius 1 is 0.757 bits per heavy atom. The van der Waals surface area contributed by atoms with Gasteiger partial charge in [-0.3, -0.25) is 4.79 Å². The summed E-state index contributed by atoms with van der Waals surface area (Å²) < 4.78 is 22.7. The van der Waals surface area contributed by atoms with Crippen LogP contribution in [0, 0.1) is 0 Å². The van der Waals surface area contributed by atoms with Crippen LogP contribution in [-0.4, -0.2) is 25.1 Å². The first-order valence-corrected chi connectivity index (χ1v) is 11.7. The molecule has 0 aliphatic carbocycles. The SMILES string of the molecule is COc1c(OCc2ccccc2)ccc(C(=O)C=Cc2ccc(OCc3ccccc3)cc2O)c1OC. The smallest absolute Gasteiger partial charge is 0.204 e. The minimum absolute atomic E-state index is 0.00353. The molecule has 6 nitrogen and oxygen atoms in total. The van der Waals surface area contributed by atoms with E-state index >= 15 is 0 Å². The predicted octanol–water partition coefficient (Wildman–Crippen LogP) is 6.46. The summed E-state index contributed by atoms with van der Waals surface area (Å²) in [7, 11) is 2.97. The van der Waals surface area contributed by atoms with Crippen LogP contribution >= 0.6 is 0 Å². The van der Waals surface area contributed by atoms with Gasteiger partial charge in [0, 0.05) is 11.6 Å². The molecule has 6 heteroatoms. The van der Waals surface area contributed by atoms with Crippen LogP contribution in [0.3, 0.4) is 0 Å². The third-order valence-electron chi connectivity index (χ3n) is 5.65. The molecule has 0 atom stereocenters. The zero-order chi connectivity index (χ0) is 26.0. The summed E-state index contributed by atoms with van der Waals surface area (Å²) in [6, 6.07) is 27.8. The molecule has 0 saturated carbocycles. The predicted molar refractivity (Wildman–Crippen MR) is 143 cm³/mol. The van der Waals surface area contributed by atoms with Crippen LogP contribution in [-0.2, 0) is 13.2 Å². The Bertz CT molecular complexity index is 1360. The number of methoxy groups -OCH3 is 2. The highest BCUT2D eigenvalue weighted by Crippen LogP contribution is 2.40. The molecular weight excluding hydrogens is 468 g/mol. The molecule has 4 rings (SSSR count). The summed E-state index contributed by atoms with van der Waals surface area (Å²) in [5, 5.41) is 10.4. The van der Waals surface area contributed by atoms with Gasteiger partial charge < -0.3 is 24.1 Å². The lowest BCUT2D eigenvalue weighted by molar-refractivity contribution is 0.104. The van der Waals surface area contributed by atoms with Gasteiger partial charge in [-0.1, -0.05) is 60.7 Å². The Morgan fingerprint density at radius 2 is 1.38 bits per heavy atom. The van der Waals surface area contributed by atoms with Crippen LogP contribution in [0.4, 0.5) is 0 Å². The normalized spacial score (nSPS) is 10.8. The average molecular weight is 497 g/mol. The lowest BCUT2D eigenvalue weighted by Crippen LogP contribution is -2.04. The van der Waals surface area contributed by atoms with E-state index in [-0.39, 0.29) is 17.3 Å². The third kappa shape index (κ3) is 6.49. The second kappa shape index (κ2) is 12.3. The second-order valence-electron chi connectivity index (χ2n) is 8.14. The van der Waals surface area contributed by atoms with Gasteiger partial charge in [0.25, 0.3) is 0 Å². The van der Waals surface area contributed by atoms with Crippen molar-refractivity contribution < 1.29 is 28.8 Å². The van der Waals surface area contributed by atoms with Gasteiger partial charge >= 0.3 is 0 Å². The fourth-order valence-electron chi connectivity index (χ4n) is 3.73. The molecule has 4 aromatic carbocycles. The summed E-state index contributed by atoms with van der Waals surface area (Å²) in [6.07, 6.45) is 2.92. The molecule has 0 aliphatic rings. The standard InChI is InChI=1S/C31H28O6/c1-34-30-26(16-18-29(31(30)35-2)37-21-23-11-7-4-8-12-23)27(32)17-14-24-13-15-25(19-28(24)33)36-20-22-9-5-3-6-10-22/h3-19,33H,20-21H2,1-2H3. The summed E-state index contributed by atoms with van der Waals surface area (Å²) in [5.74, 6) is 1.30. The fraction of sp³-hybridized carbons (Fsp3) is 0.129. The number of hydrogen-bond acceptors (Lipinski definition) is 6. The first-order valence-electron chi connectivity index (χ1n) is 11.7. The van der Waals surface area contributed by atoms with Gasteiger partial charge in [0.05, 0.1) is 19.8 Å². The van der Waals surface area contributed by atoms with E-state index in [0.717, 1.165) is 11.1 Å². The van der Waals surface area contributed by atoms with Crippen LogP contribution in [0.25, 0.3) is 6.08 Å². The fourth-order valence-corrected chi connectivity index (χ4v) is 3.73. The largest absolute Gasteiger partial charge is 0.507 e. The zero-order valence-electron chi connectivity index (χ0n) is 20.7. The van der Waals surface area contributed by atoms with E-state index in [2.05, 4.69) is 0 Å². The van der Waals surface area contributed by atoms with Crippen molar-refractivity contribution in [2.24, 2.45) is 0 Å². The van der Waals surface area contributed by atoms with Gasteiger partial charge in [-0.2, -0.15) is 0 Å². The third-order valence-corrected chi connectivity index (χ3v) is 5.65. The van der Waals surface area contributed by atoms with Gasteiger partial charge in [0.2, 0.25) is 5.75 Å². The Balaban J connectivity index is 1.47. The minimum atomic E-state index is -0.312. The van der Waals surface area contributed by atoms with E-state index in [1.54, 1.807) is 30.3 Å². The Kier molecular flexibility index (Phi) is 8.45. The maximum Gasteiger partial charge on any atom is 0.204 e. The summed E-state index contributed by atoms with van der Waals surface area (Å²) in [5.41, 5.74) is 2.82. The van der Waals surface area contributed by atoms with Crippen LogP contribution < -0.4 is 18.9 Å². The molecule has 1 N–H and O–H groups in total. The van der Waals surface area contributed by atoms with E-state index < -0.39 is 0 Å². The van der Waals surface area contributed by atoms with Crippen molar-refractivity contribution >= 4 is 11.9 Å². The van der Waals surface area contributed by atoms with E-state index in [1.807, 2.05) is 60.7 Å². The van der Waals surface area contributed by atoms with E-state index in [4.69, 9.17) is 18.9 Å². The molecular formula is C31H28O6. The molecule has 0 unspecified atom stereocenters. The molecule has 188 valence electrons. The topological polar surface area (TPSA) is 74.2 Å². The van der Waals surface area contributed by atoms with Crippen molar-refractivity contribution in [3.63, 3.8) is 0 Å². The number of ketones is 1. The highest BCUT2D eigenvalue weighted by Gasteiger charge is 2.20. The van der Waals surface area contributed by atoms with Gasteiger partial charge in [0.1, 0.15) is 24.7 Å². The Hall–Kier alpha value is -4.71. The van der Waals surface area contributed by atoms with Crippen molar-refractivity contribution in [1.29, 1.82) is 0 Å². The number of ether oxygens (including phenoxy) is 4. The van der Waals surface area contributed by atoms with Gasteiger partial charge in [-0.25, -0.2) is 0 Å². The maximum absolute atomic E-state index is 13.0. The molecule has 0 heterocycles. The first-order chi connectivity index (χ1) is 18.1. The van der Waals surface area contributed by atoms with Crippen molar-refractivity contribution in [3.05, 3.63) is 119 Å². The van der Waals surface area contributed by atoms with Gasteiger partial charge in [-0.15, -0.1) is 0 Å². The molecule has 0 aliphatic heterocycles. The Morgan fingerprint density at radius 3 is 1.97 bits per heavy atom. The van der Waals surface area contributed by atoms with Crippen molar-refractivity contribution in [2.75, 3.05) is 14.2 Å². The molecule has 4 aromatic rings. The summed E-state index contributed by atoms with van der Waals surface area (Å²) in [6.45, 7) is 0.735. The average Bonchev–Trinajstić information content (AvgIpc) is 2.94. The van der Waals surface area contributed by atoms with Crippen LogP contribution in [0.1, 0.15) is 27.0 Å². The molecule has 0 radical (unpaired) electrons. The number of phenolic OH excluding ortho intramolecular Hbond substituents is 1. The molecule has 0 saturated heterocycles. The highest BCUT2D eigenvalue weighted by molar-refractivity contribution is 6.09. The van der Waals surface area contributed by atoms with Crippen molar-refractivity contribution in [3.8, 4) is 28.7 Å². The zero-order valence-corrected chi connectivity index (χ0v) is 20.7.